The first-order valence-electron chi connectivity index (χ1n) is 8.84. The van der Waals surface area contributed by atoms with Gasteiger partial charge in [-0.25, -0.2) is 0 Å². The molecule has 1 unspecified atom stereocenters. The molecule has 1 aromatic heterocycles. The fraction of sp³-hybridized carbons (Fsp3) is 0.125. The Hall–Kier alpha value is -2.93. The van der Waals surface area contributed by atoms with Crippen LogP contribution in [-0.4, -0.2) is 4.98 Å². The van der Waals surface area contributed by atoms with E-state index in [1.807, 2.05) is 12.4 Å². The molecule has 2 aliphatic carbocycles. The van der Waals surface area contributed by atoms with E-state index in [0.717, 1.165) is 6.42 Å². The lowest BCUT2D eigenvalue weighted by Crippen LogP contribution is -2.07. The van der Waals surface area contributed by atoms with Crippen molar-refractivity contribution < 1.29 is 0 Å². The van der Waals surface area contributed by atoms with Gasteiger partial charge in [0.25, 0.3) is 0 Å². The van der Waals surface area contributed by atoms with E-state index >= 15 is 0 Å². The standard InChI is InChI=1S/C24H19N/c1-16-20-8-4-5-9-21(20)24(22-12-13-25-15-23(16)22)19-11-10-17-6-2-3-7-18(17)14-19/h2-13,15,18H,14H2,1H3. The number of nitrogens with zero attached hydrogens (tertiary/aromatic N) is 1. The van der Waals surface area contributed by atoms with Gasteiger partial charge >= 0.3 is 0 Å². The molecule has 3 aromatic rings. The zero-order valence-electron chi connectivity index (χ0n) is 14.2. The molecule has 25 heavy (non-hydrogen) atoms. The minimum atomic E-state index is 0.488. The summed E-state index contributed by atoms with van der Waals surface area (Å²) in [6.45, 7) is 2.21. The number of benzene rings is 2. The minimum absolute atomic E-state index is 0.488. The molecular weight excluding hydrogens is 302 g/mol. The molecule has 0 aliphatic heterocycles. The third-order valence-electron chi connectivity index (χ3n) is 5.50. The molecule has 1 heterocycles. The van der Waals surface area contributed by atoms with Crippen LogP contribution < -0.4 is 0 Å². The van der Waals surface area contributed by atoms with E-state index in [1.54, 1.807) is 0 Å². The number of aromatic nitrogens is 1. The lowest BCUT2D eigenvalue weighted by molar-refractivity contribution is 0.794. The van der Waals surface area contributed by atoms with Gasteiger partial charge in [0, 0.05) is 23.7 Å². The lowest BCUT2D eigenvalue weighted by atomic mass is 9.79. The Bertz CT molecular complexity index is 1070. The molecule has 0 amide bonds. The zero-order valence-corrected chi connectivity index (χ0v) is 14.2. The second-order valence-electron chi connectivity index (χ2n) is 6.88. The van der Waals surface area contributed by atoms with Crippen molar-refractivity contribution >= 4 is 27.1 Å². The molecule has 2 aliphatic rings. The van der Waals surface area contributed by atoms with Crippen LogP contribution in [0.1, 0.15) is 17.5 Å². The van der Waals surface area contributed by atoms with Crippen LogP contribution in [0.25, 0.3) is 27.1 Å². The SMILES string of the molecule is Cc1c2ccccc2c(C2=CC=C3C=CC=CC3C2)c2ccncc12. The van der Waals surface area contributed by atoms with Crippen molar-refractivity contribution in [3.8, 4) is 0 Å². The molecule has 0 fully saturated rings. The first-order valence-corrected chi connectivity index (χ1v) is 8.84. The van der Waals surface area contributed by atoms with Crippen LogP contribution in [0.2, 0.25) is 0 Å². The van der Waals surface area contributed by atoms with Gasteiger partial charge in [0.2, 0.25) is 0 Å². The van der Waals surface area contributed by atoms with Crippen LogP contribution in [0.5, 0.6) is 0 Å². The molecule has 120 valence electrons. The van der Waals surface area contributed by atoms with Crippen molar-refractivity contribution in [1.82, 2.24) is 4.98 Å². The maximum Gasteiger partial charge on any atom is 0.0349 e. The average Bonchev–Trinajstić information content (AvgIpc) is 2.68. The molecule has 2 aromatic carbocycles. The number of hydrogen-bond acceptors (Lipinski definition) is 1. The van der Waals surface area contributed by atoms with Gasteiger partial charge in [0.15, 0.2) is 0 Å². The van der Waals surface area contributed by atoms with Crippen LogP contribution in [0, 0.1) is 12.8 Å². The summed E-state index contributed by atoms with van der Waals surface area (Å²) >= 11 is 0. The van der Waals surface area contributed by atoms with Crippen LogP contribution in [0.4, 0.5) is 0 Å². The number of hydrogen-bond donors (Lipinski definition) is 0. The Morgan fingerprint density at radius 2 is 1.76 bits per heavy atom. The lowest BCUT2D eigenvalue weighted by Gasteiger charge is -2.25. The molecule has 5 rings (SSSR count). The summed E-state index contributed by atoms with van der Waals surface area (Å²) in [5, 5.41) is 5.24. The number of rotatable bonds is 1. The first-order chi connectivity index (χ1) is 12.3. The van der Waals surface area contributed by atoms with Crippen molar-refractivity contribution in [1.29, 1.82) is 0 Å². The largest absolute Gasteiger partial charge is 0.264 e. The summed E-state index contributed by atoms with van der Waals surface area (Å²) in [6.07, 6.45) is 18.4. The zero-order chi connectivity index (χ0) is 16.8. The van der Waals surface area contributed by atoms with Crippen molar-refractivity contribution in [2.75, 3.05) is 0 Å². The quantitative estimate of drug-likeness (QED) is 0.490. The first kappa shape index (κ1) is 14.4. The predicted octanol–water partition coefficient (Wildman–Crippen LogP) is 6.15. The van der Waals surface area contributed by atoms with E-state index in [-0.39, 0.29) is 0 Å². The fourth-order valence-electron chi connectivity index (χ4n) is 4.23. The average molecular weight is 321 g/mol. The van der Waals surface area contributed by atoms with Crippen molar-refractivity contribution in [3.05, 3.63) is 95.9 Å². The molecule has 0 saturated heterocycles. The molecular formula is C24H19N. The van der Waals surface area contributed by atoms with Crippen LogP contribution in [-0.2, 0) is 0 Å². The molecule has 0 N–H and O–H groups in total. The second kappa shape index (κ2) is 5.56. The molecule has 1 nitrogen and oxygen atoms in total. The van der Waals surface area contributed by atoms with Gasteiger partial charge in [-0.3, -0.25) is 4.98 Å². The highest BCUT2D eigenvalue weighted by atomic mass is 14.6. The molecule has 0 radical (unpaired) electrons. The molecule has 1 atom stereocenters. The monoisotopic (exact) mass is 321 g/mol. The van der Waals surface area contributed by atoms with Gasteiger partial charge in [-0.15, -0.1) is 0 Å². The van der Waals surface area contributed by atoms with E-state index in [4.69, 9.17) is 0 Å². The molecule has 1 heteroatoms. The van der Waals surface area contributed by atoms with Crippen molar-refractivity contribution in [2.45, 2.75) is 13.3 Å². The van der Waals surface area contributed by atoms with Crippen LogP contribution in [0.15, 0.2) is 84.8 Å². The Labute approximate surface area is 147 Å². The van der Waals surface area contributed by atoms with E-state index in [9.17, 15) is 0 Å². The van der Waals surface area contributed by atoms with Gasteiger partial charge in [0.05, 0.1) is 0 Å². The van der Waals surface area contributed by atoms with Gasteiger partial charge in [-0.05, 0) is 57.8 Å². The topological polar surface area (TPSA) is 12.9 Å². The van der Waals surface area contributed by atoms with Crippen molar-refractivity contribution in [3.63, 3.8) is 0 Å². The predicted molar refractivity (Wildman–Crippen MR) is 106 cm³/mol. The molecule has 0 saturated carbocycles. The Morgan fingerprint density at radius 1 is 0.920 bits per heavy atom. The maximum atomic E-state index is 4.38. The number of allylic oxidation sites excluding steroid dienone is 8. The van der Waals surface area contributed by atoms with Gasteiger partial charge in [-0.2, -0.15) is 0 Å². The summed E-state index contributed by atoms with van der Waals surface area (Å²) in [4.78, 5) is 4.38. The van der Waals surface area contributed by atoms with E-state index in [2.05, 4.69) is 78.7 Å². The van der Waals surface area contributed by atoms with E-state index < -0.39 is 0 Å². The van der Waals surface area contributed by atoms with E-state index in [1.165, 1.54) is 43.8 Å². The minimum Gasteiger partial charge on any atom is -0.264 e. The van der Waals surface area contributed by atoms with Gasteiger partial charge in [-0.1, -0.05) is 60.7 Å². The smallest absolute Gasteiger partial charge is 0.0349 e. The second-order valence-corrected chi connectivity index (χ2v) is 6.88. The third-order valence-corrected chi connectivity index (χ3v) is 5.50. The normalized spacial score (nSPS) is 19.0. The Balaban J connectivity index is 1.85. The number of aryl methyl sites for hydroxylation is 1. The van der Waals surface area contributed by atoms with Crippen LogP contribution >= 0.6 is 0 Å². The van der Waals surface area contributed by atoms with Crippen LogP contribution in [0.3, 0.4) is 0 Å². The highest BCUT2D eigenvalue weighted by molar-refractivity contribution is 6.11. The van der Waals surface area contributed by atoms with Crippen molar-refractivity contribution in [2.24, 2.45) is 5.92 Å². The highest BCUT2D eigenvalue weighted by Crippen LogP contribution is 2.41. The number of fused-ring (bicyclic) bond motifs is 3. The fourth-order valence-corrected chi connectivity index (χ4v) is 4.23. The summed E-state index contributed by atoms with van der Waals surface area (Å²) in [5.41, 5.74) is 5.52. The van der Waals surface area contributed by atoms with Gasteiger partial charge < -0.3 is 0 Å². The Kier molecular flexibility index (Phi) is 3.21. The van der Waals surface area contributed by atoms with E-state index in [0.29, 0.717) is 5.92 Å². The number of pyridine rings is 1. The summed E-state index contributed by atoms with van der Waals surface area (Å²) < 4.78 is 0. The summed E-state index contributed by atoms with van der Waals surface area (Å²) in [5.74, 6) is 0.488. The highest BCUT2D eigenvalue weighted by Gasteiger charge is 2.21. The Morgan fingerprint density at radius 3 is 2.68 bits per heavy atom. The maximum absolute atomic E-state index is 4.38. The molecule has 0 bridgehead atoms. The molecule has 0 spiro atoms. The third kappa shape index (κ3) is 2.20. The van der Waals surface area contributed by atoms with Gasteiger partial charge in [0.1, 0.15) is 0 Å². The summed E-state index contributed by atoms with van der Waals surface area (Å²) in [6, 6.07) is 10.9. The summed E-state index contributed by atoms with van der Waals surface area (Å²) in [7, 11) is 0.